The van der Waals surface area contributed by atoms with Gasteiger partial charge in [0.2, 0.25) is 0 Å². The van der Waals surface area contributed by atoms with Gasteiger partial charge in [-0.25, -0.2) is 9.98 Å². The summed E-state index contributed by atoms with van der Waals surface area (Å²) in [7, 11) is 0. The Kier molecular flexibility index (Phi) is 3.47. The van der Waals surface area contributed by atoms with Crippen LogP contribution in [0.25, 0.3) is 54.6 Å². The number of hydrogen-bond donors (Lipinski definition) is 1. The summed E-state index contributed by atoms with van der Waals surface area (Å²) in [6.45, 7) is 0. The molecule has 0 saturated heterocycles. The molecule has 212 valence electrons. The Hall–Kier alpha value is -6.00. The highest BCUT2D eigenvalue weighted by Gasteiger charge is 2.24. The summed E-state index contributed by atoms with van der Waals surface area (Å²) in [4.78, 5) is 9.51. The molecule has 4 nitrogen and oxygen atoms in total. The lowest BCUT2D eigenvalue weighted by Gasteiger charge is -2.23. The van der Waals surface area contributed by atoms with Gasteiger partial charge in [0.05, 0.1) is 19.2 Å². The number of fused-ring (bicyclic) bond motifs is 5. The van der Waals surface area contributed by atoms with Gasteiger partial charge < -0.3 is 9.73 Å². The molecule has 1 aliphatic heterocycles. The summed E-state index contributed by atoms with van der Waals surface area (Å²) in [5.41, 5.74) is -0.0819. The van der Waals surface area contributed by atoms with Gasteiger partial charge in [-0.1, -0.05) is 127 Å². The van der Waals surface area contributed by atoms with E-state index in [1.54, 1.807) is 12.1 Å². The number of hydrogen-bond acceptors (Lipinski definition) is 4. The van der Waals surface area contributed by atoms with E-state index in [0.29, 0.717) is 5.56 Å². The average Bonchev–Trinajstić information content (AvgIpc) is 3.59. The van der Waals surface area contributed by atoms with Crippen molar-refractivity contribution in [1.29, 1.82) is 0 Å². The quantitative estimate of drug-likeness (QED) is 0.221. The number of nitrogens with zero attached hydrogens (tertiary/aromatic N) is 2. The van der Waals surface area contributed by atoms with Crippen LogP contribution in [0.2, 0.25) is 0 Å². The van der Waals surface area contributed by atoms with E-state index in [1.807, 2.05) is 30.3 Å². The van der Waals surface area contributed by atoms with E-state index in [9.17, 15) is 2.74 Å². The Morgan fingerprint density at radius 3 is 2.20 bits per heavy atom. The lowest BCUT2D eigenvalue weighted by Crippen LogP contribution is -2.36. The molecule has 1 unspecified atom stereocenters. The van der Waals surface area contributed by atoms with E-state index in [4.69, 9.17) is 30.9 Å². The molecule has 1 N–H and O–H groups in total. The lowest BCUT2D eigenvalue weighted by molar-refractivity contribution is 0.667. The number of para-hydroxylation sites is 1. The molecule has 1 aromatic heterocycles. The molecule has 1 aliphatic rings. The van der Waals surface area contributed by atoms with Gasteiger partial charge in [-0.05, 0) is 56.9 Å². The Morgan fingerprint density at radius 2 is 1.29 bits per heavy atom. The van der Waals surface area contributed by atoms with Gasteiger partial charge in [-0.15, -0.1) is 0 Å². The summed E-state index contributed by atoms with van der Waals surface area (Å²) >= 11 is 0. The molecule has 0 bridgehead atoms. The van der Waals surface area contributed by atoms with E-state index in [-0.39, 0.29) is 115 Å². The van der Waals surface area contributed by atoms with Gasteiger partial charge in [-0.3, -0.25) is 0 Å². The Bertz CT molecular complexity index is 3240. The fourth-order valence-electron chi connectivity index (χ4n) is 5.48. The molecular formula is C41H27N3O. The van der Waals surface area contributed by atoms with Crippen molar-refractivity contribution in [3.05, 3.63) is 168 Å². The molecule has 0 radical (unpaired) electrons. The van der Waals surface area contributed by atoms with Crippen LogP contribution >= 0.6 is 0 Å². The van der Waals surface area contributed by atoms with Crippen LogP contribution in [0.5, 0.6) is 0 Å². The van der Waals surface area contributed by atoms with Gasteiger partial charge in [0.1, 0.15) is 22.8 Å². The molecule has 2 heterocycles. The van der Waals surface area contributed by atoms with E-state index in [0.717, 1.165) is 10.8 Å². The molecule has 0 spiro atoms. The van der Waals surface area contributed by atoms with Crippen molar-refractivity contribution in [2.24, 2.45) is 9.98 Å². The maximum absolute atomic E-state index is 9.25. The van der Waals surface area contributed by atoms with Crippen LogP contribution in [-0.2, 0) is 0 Å². The zero-order valence-corrected chi connectivity index (χ0v) is 23.2. The van der Waals surface area contributed by atoms with Gasteiger partial charge in [0.25, 0.3) is 0 Å². The molecule has 1 atom stereocenters. The fraction of sp³-hybridized carbons (Fsp3) is 0.0244. The third-order valence-corrected chi connectivity index (χ3v) is 7.66. The van der Waals surface area contributed by atoms with Crippen LogP contribution in [0.1, 0.15) is 42.0 Å². The van der Waals surface area contributed by atoms with Crippen LogP contribution in [-0.4, -0.2) is 11.7 Å². The number of benzene rings is 7. The summed E-state index contributed by atoms with van der Waals surface area (Å²) in [6, 6.07) is 12.6. The second-order valence-corrected chi connectivity index (χ2v) is 10.4. The third kappa shape index (κ3) is 4.47. The summed E-state index contributed by atoms with van der Waals surface area (Å²) in [5.74, 6) is -0.434. The van der Waals surface area contributed by atoms with Gasteiger partial charge >= 0.3 is 0 Å². The average molecular weight is 592 g/mol. The SMILES string of the molecule is [2H]c1cc2c([2H])c([2H])c(C3=NC(c4c([2H])cc([2H])c5oc6c([2H])c([2H])c([2H])cc6c45)N=C(c4c([2H])c([2H])c(-c5ccc6ccccc6c5)c([2H])c4[2H])N3)cc2c([2H])c1[2H]. The largest absolute Gasteiger partial charge is 0.456 e. The summed E-state index contributed by atoms with van der Waals surface area (Å²) < 4.78 is 128. The maximum atomic E-state index is 9.25. The monoisotopic (exact) mass is 591 g/mol. The highest BCUT2D eigenvalue weighted by molar-refractivity contribution is 6.17. The van der Waals surface area contributed by atoms with Crippen LogP contribution in [0.15, 0.2) is 166 Å². The van der Waals surface area contributed by atoms with Crippen molar-refractivity contribution >= 4 is 55.2 Å². The van der Waals surface area contributed by atoms with Crippen molar-refractivity contribution < 1.29 is 23.6 Å². The Balaban J connectivity index is 1.33. The summed E-state index contributed by atoms with van der Waals surface area (Å²) in [5, 5.41) is 5.06. The number of amidine groups is 2. The molecule has 0 amide bonds. The Labute approximate surface area is 279 Å². The molecule has 8 aromatic rings. The van der Waals surface area contributed by atoms with E-state index < -0.39 is 42.4 Å². The summed E-state index contributed by atoms with van der Waals surface area (Å²) in [6.07, 6.45) is -1.50. The first-order valence-corrected chi connectivity index (χ1v) is 14.0. The first-order chi connectivity index (χ1) is 28.1. The predicted octanol–water partition coefficient (Wildman–Crippen LogP) is 10.1. The van der Waals surface area contributed by atoms with Crippen molar-refractivity contribution in [1.82, 2.24) is 5.32 Å². The Morgan fingerprint density at radius 1 is 0.533 bits per heavy atom. The van der Waals surface area contributed by atoms with Gasteiger partial charge in [0.15, 0.2) is 6.17 Å². The van der Waals surface area contributed by atoms with Crippen LogP contribution in [0.3, 0.4) is 0 Å². The van der Waals surface area contributed by atoms with Crippen molar-refractivity contribution in [2.45, 2.75) is 6.17 Å². The number of rotatable bonds is 4. The number of nitrogens with one attached hydrogen (secondary N) is 1. The van der Waals surface area contributed by atoms with Crippen molar-refractivity contribution in [3.8, 4) is 11.1 Å². The highest BCUT2D eigenvalue weighted by atomic mass is 16.3. The smallest absolute Gasteiger partial charge is 0.170 e. The second-order valence-electron chi connectivity index (χ2n) is 10.4. The number of aliphatic imine (C=N–C) groups is 2. The molecule has 45 heavy (non-hydrogen) atoms. The van der Waals surface area contributed by atoms with Crippen LogP contribution < -0.4 is 5.32 Å². The van der Waals surface area contributed by atoms with Crippen LogP contribution in [0.4, 0.5) is 0 Å². The highest BCUT2D eigenvalue weighted by Crippen LogP contribution is 2.37. The van der Waals surface area contributed by atoms with Crippen molar-refractivity contribution in [3.63, 3.8) is 0 Å². The first-order valence-electron chi connectivity index (χ1n) is 21.0. The molecule has 0 saturated carbocycles. The minimum atomic E-state index is -1.50. The molecule has 7 aromatic carbocycles. The topological polar surface area (TPSA) is 49.9 Å². The third-order valence-electron chi connectivity index (χ3n) is 7.66. The predicted molar refractivity (Wildman–Crippen MR) is 186 cm³/mol. The minimum absolute atomic E-state index is 0.00212. The maximum Gasteiger partial charge on any atom is 0.170 e. The minimum Gasteiger partial charge on any atom is -0.456 e. The number of furan rings is 1. The van der Waals surface area contributed by atoms with Crippen LogP contribution in [0, 0.1) is 0 Å². The van der Waals surface area contributed by atoms with Crippen molar-refractivity contribution in [2.75, 3.05) is 0 Å². The molecule has 0 aliphatic carbocycles. The standard InChI is InChI=1S/C41H27N3O/c1-3-10-30-24-32(22-18-26(30)8-1)28-16-20-29(21-17-28)39-42-40(33-23-19-27-9-2-4-11-31(27)25-33)44-41(43-39)35-13-7-15-37-38(35)34-12-5-6-14-36(34)45-37/h1-25,41H,(H,42,43,44)/i2D,4D,5D,6D,11D,13D,14D,15D,16D,17D,19D,20D,21D,23D. The molecular weight excluding hydrogens is 550 g/mol. The zero-order valence-electron chi connectivity index (χ0n) is 37.2. The lowest BCUT2D eigenvalue weighted by atomic mass is 9.99. The molecule has 4 heteroatoms. The van der Waals surface area contributed by atoms with E-state index in [1.165, 1.54) is 24.3 Å². The van der Waals surface area contributed by atoms with Gasteiger partial charge in [-0.2, -0.15) is 0 Å². The first kappa shape index (κ1) is 15.1. The second kappa shape index (κ2) is 10.3. The van der Waals surface area contributed by atoms with E-state index in [2.05, 4.69) is 5.32 Å². The zero-order chi connectivity index (χ0) is 41.9. The fourth-order valence-corrected chi connectivity index (χ4v) is 5.48. The van der Waals surface area contributed by atoms with E-state index >= 15 is 0 Å². The normalized spacial score (nSPS) is 19.2. The molecule has 0 fully saturated rings. The molecule has 9 rings (SSSR count). The van der Waals surface area contributed by atoms with Gasteiger partial charge in [0, 0.05) is 27.5 Å².